The highest BCUT2D eigenvalue weighted by Crippen LogP contribution is 2.31. The summed E-state index contributed by atoms with van der Waals surface area (Å²) in [6, 6.07) is -0.271. The lowest BCUT2D eigenvalue weighted by atomic mass is 9.91. The van der Waals surface area contributed by atoms with E-state index in [-0.39, 0.29) is 17.7 Å². The van der Waals surface area contributed by atoms with Crippen LogP contribution < -0.4 is 5.32 Å². The number of nitrogens with one attached hydrogen (secondary N) is 1. The van der Waals surface area contributed by atoms with Gasteiger partial charge in [-0.2, -0.15) is 5.10 Å². The first-order valence-corrected chi connectivity index (χ1v) is 8.08. The number of carbonyl (C=O) groups excluding carboxylic acids is 1. The molecular formula is C15H22F2N4O3. The Bertz CT molecular complexity index is 575. The van der Waals surface area contributed by atoms with Crippen LogP contribution in [-0.4, -0.2) is 65.1 Å². The molecule has 1 unspecified atom stereocenters. The fourth-order valence-corrected chi connectivity index (χ4v) is 3.27. The van der Waals surface area contributed by atoms with Gasteiger partial charge in [0.2, 0.25) is 0 Å². The van der Waals surface area contributed by atoms with Crippen LogP contribution in [0.5, 0.6) is 0 Å². The molecule has 1 aromatic rings. The molecule has 3 heterocycles. The number of urea groups is 1. The van der Waals surface area contributed by atoms with Crippen LogP contribution in [0.1, 0.15) is 19.8 Å². The summed E-state index contributed by atoms with van der Waals surface area (Å²) in [5, 5.41) is 6.53. The maximum absolute atomic E-state index is 12.5. The average molecular weight is 344 g/mol. The molecule has 24 heavy (non-hydrogen) atoms. The van der Waals surface area contributed by atoms with Gasteiger partial charge in [0.1, 0.15) is 6.54 Å². The number of rotatable bonds is 3. The first-order valence-electron chi connectivity index (χ1n) is 8.08. The Morgan fingerprint density at radius 3 is 2.96 bits per heavy atom. The van der Waals surface area contributed by atoms with Crippen molar-refractivity contribution in [3.63, 3.8) is 0 Å². The number of alkyl halides is 2. The number of carbonyl (C=O) groups is 1. The van der Waals surface area contributed by atoms with Crippen LogP contribution in [0.3, 0.4) is 0 Å². The topological polar surface area (TPSA) is 68.6 Å². The summed E-state index contributed by atoms with van der Waals surface area (Å²) >= 11 is 0. The highest BCUT2D eigenvalue weighted by Gasteiger charge is 2.42. The van der Waals surface area contributed by atoms with Crippen LogP contribution in [0.25, 0.3) is 0 Å². The van der Waals surface area contributed by atoms with Gasteiger partial charge in [-0.1, -0.05) is 0 Å². The van der Waals surface area contributed by atoms with Gasteiger partial charge in [-0.25, -0.2) is 13.6 Å². The molecule has 2 saturated heterocycles. The molecule has 7 nitrogen and oxygen atoms in total. The van der Waals surface area contributed by atoms with Crippen molar-refractivity contribution < 1.29 is 23.0 Å². The number of hydrogen-bond donors (Lipinski definition) is 1. The van der Waals surface area contributed by atoms with E-state index in [1.165, 1.54) is 12.4 Å². The molecule has 2 aliphatic heterocycles. The summed E-state index contributed by atoms with van der Waals surface area (Å²) in [4.78, 5) is 14.2. The van der Waals surface area contributed by atoms with Gasteiger partial charge in [0.05, 0.1) is 30.1 Å². The maximum atomic E-state index is 12.5. The van der Waals surface area contributed by atoms with E-state index in [1.807, 2.05) is 6.92 Å². The average Bonchev–Trinajstić information content (AvgIpc) is 2.93. The van der Waals surface area contributed by atoms with Gasteiger partial charge in [0.25, 0.3) is 6.43 Å². The van der Waals surface area contributed by atoms with Crippen molar-refractivity contribution in [2.75, 3.05) is 31.6 Å². The normalized spacial score (nSPS) is 23.7. The second-order valence-electron chi connectivity index (χ2n) is 6.38. The second-order valence-corrected chi connectivity index (χ2v) is 6.38. The SMILES string of the molecule is CC1CN(C(=O)Nc2cnn(CC(F)F)c2)CC2(CCOCC2)O1. The van der Waals surface area contributed by atoms with Crippen molar-refractivity contribution in [2.24, 2.45) is 0 Å². The van der Waals surface area contributed by atoms with Crippen LogP contribution >= 0.6 is 0 Å². The van der Waals surface area contributed by atoms with E-state index in [4.69, 9.17) is 9.47 Å². The standard InChI is InChI=1S/C15H22F2N4O3/c1-11-7-20(10-15(24-11)2-4-23-5-3-15)14(22)19-12-6-18-21(8-12)9-13(16)17/h6,8,11,13H,2-5,7,9-10H2,1H3,(H,19,22). The molecule has 3 rings (SSSR count). The highest BCUT2D eigenvalue weighted by atomic mass is 19.3. The first kappa shape index (κ1) is 17.1. The molecule has 1 N–H and O–H groups in total. The third-order valence-corrected chi connectivity index (χ3v) is 4.31. The van der Waals surface area contributed by atoms with E-state index in [0.717, 1.165) is 17.5 Å². The van der Waals surface area contributed by atoms with E-state index in [0.29, 0.717) is 32.0 Å². The minimum absolute atomic E-state index is 0.0656. The lowest BCUT2D eigenvalue weighted by Gasteiger charge is -2.47. The highest BCUT2D eigenvalue weighted by molar-refractivity contribution is 5.89. The molecule has 2 fully saturated rings. The molecule has 1 atom stereocenters. The van der Waals surface area contributed by atoms with Crippen molar-refractivity contribution in [3.8, 4) is 0 Å². The van der Waals surface area contributed by atoms with E-state index in [2.05, 4.69) is 10.4 Å². The largest absolute Gasteiger partial charge is 0.381 e. The lowest BCUT2D eigenvalue weighted by Crippen LogP contribution is -2.59. The zero-order chi connectivity index (χ0) is 17.2. The van der Waals surface area contributed by atoms with Crippen LogP contribution in [0, 0.1) is 0 Å². The van der Waals surface area contributed by atoms with Gasteiger partial charge in [0, 0.05) is 38.8 Å². The summed E-state index contributed by atoms with van der Waals surface area (Å²) in [6.45, 7) is 3.69. The van der Waals surface area contributed by atoms with Crippen molar-refractivity contribution in [2.45, 2.75) is 44.4 Å². The smallest absolute Gasteiger partial charge is 0.322 e. The van der Waals surface area contributed by atoms with Gasteiger partial charge in [-0.15, -0.1) is 0 Å². The molecule has 0 aliphatic carbocycles. The molecule has 9 heteroatoms. The number of halogens is 2. The summed E-state index contributed by atoms with van der Waals surface area (Å²) in [5.41, 5.74) is 0.0495. The van der Waals surface area contributed by atoms with Gasteiger partial charge in [0.15, 0.2) is 0 Å². The van der Waals surface area contributed by atoms with Crippen molar-refractivity contribution in [1.29, 1.82) is 0 Å². The number of hydrogen-bond acceptors (Lipinski definition) is 4. The number of aromatic nitrogens is 2. The molecular weight excluding hydrogens is 322 g/mol. The maximum Gasteiger partial charge on any atom is 0.322 e. The number of morpholine rings is 1. The molecule has 1 spiro atoms. The zero-order valence-electron chi connectivity index (χ0n) is 13.6. The van der Waals surface area contributed by atoms with Gasteiger partial charge >= 0.3 is 6.03 Å². The lowest BCUT2D eigenvalue weighted by molar-refractivity contribution is -0.174. The van der Waals surface area contributed by atoms with Gasteiger partial charge < -0.3 is 19.7 Å². The van der Waals surface area contributed by atoms with Crippen LogP contribution in [0.15, 0.2) is 12.4 Å². The molecule has 1 aromatic heterocycles. The Labute approximate surface area is 138 Å². The van der Waals surface area contributed by atoms with Crippen molar-refractivity contribution >= 4 is 11.7 Å². The van der Waals surface area contributed by atoms with Crippen LogP contribution in [0.4, 0.5) is 19.3 Å². The number of anilines is 1. The van der Waals surface area contributed by atoms with Crippen molar-refractivity contribution in [1.82, 2.24) is 14.7 Å². The fourth-order valence-electron chi connectivity index (χ4n) is 3.27. The zero-order valence-corrected chi connectivity index (χ0v) is 13.6. The minimum atomic E-state index is -2.48. The molecule has 2 amide bonds. The van der Waals surface area contributed by atoms with Crippen LogP contribution in [-0.2, 0) is 16.0 Å². The summed E-state index contributed by atoms with van der Waals surface area (Å²) in [5.74, 6) is 0. The molecule has 0 aromatic carbocycles. The Morgan fingerprint density at radius 2 is 2.25 bits per heavy atom. The van der Waals surface area contributed by atoms with Crippen molar-refractivity contribution in [3.05, 3.63) is 12.4 Å². The third-order valence-electron chi connectivity index (χ3n) is 4.31. The number of amides is 2. The summed E-state index contributed by atoms with van der Waals surface area (Å²) in [7, 11) is 0. The minimum Gasteiger partial charge on any atom is -0.381 e. The Balaban J connectivity index is 1.62. The monoisotopic (exact) mass is 344 g/mol. The Morgan fingerprint density at radius 1 is 1.50 bits per heavy atom. The molecule has 0 saturated carbocycles. The van der Waals surface area contributed by atoms with Gasteiger partial charge in [-0.05, 0) is 6.92 Å². The first-order chi connectivity index (χ1) is 11.5. The fraction of sp³-hybridized carbons (Fsp3) is 0.733. The van der Waals surface area contributed by atoms with E-state index in [1.54, 1.807) is 4.90 Å². The predicted octanol–water partition coefficient (Wildman–Crippen LogP) is 1.95. The molecule has 0 radical (unpaired) electrons. The number of ether oxygens (including phenoxy) is 2. The second kappa shape index (κ2) is 7.02. The molecule has 134 valence electrons. The van der Waals surface area contributed by atoms with E-state index < -0.39 is 13.0 Å². The molecule has 2 aliphatic rings. The summed E-state index contributed by atoms with van der Waals surface area (Å²) < 4.78 is 37.3. The summed E-state index contributed by atoms with van der Waals surface area (Å²) in [6.07, 6.45) is 1.74. The molecule has 0 bridgehead atoms. The predicted molar refractivity (Wildman–Crippen MR) is 82.2 cm³/mol. The Hall–Kier alpha value is -1.74. The Kier molecular flexibility index (Phi) is 5.00. The number of nitrogens with zero attached hydrogens (tertiary/aromatic N) is 3. The van der Waals surface area contributed by atoms with E-state index in [9.17, 15) is 13.6 Å². The quantitative estimate of drug-likeness (QED) is 0.910. The third kappa shape index (κ3) is 4.02. The van der Waals surface area contributed by atoms with Gasteiger partial charge in [-0.3, -0.25) is 4.68 Å². The van der Waals surface area contributed by atoms with E-state index >= 15 is 0 Å². The van der Waals surface area contributed by atoms with Crippen LogP contribution in [0.2, 0.25) is 0 Å².